The van der Waals surface area contributed by atoms with Gasteiger partial charge in [0.05, 0.1) is 12.3 Å². The number of nitrogens with one attached hydrogen (secondary N) is 4. The van der Waals surface area contributed by atoms with Crippen LogP contribution in [0.3, 0.4) is 0 Å². The second-order valence-electron chi connectivity index (χ2n) is 10.1. The number of aryl methyl sites for hydroxylation is 1. The largest absolute Gasteiger partial charge is 0.430 e. The molecular formula is C30H27FN8O6. The van der Waals surface area contributed by atoms with Crippen molar-refractivity contribution in [3.05, 3.63) is 114 Å². The average Bonchev–Trinajstić information content (AvgIpc) is 3.43. The summed E-state index contributed by atoms with van der Waals surface area (Å²) in [4.78, 5) is 72.2. The van der Waals surface area contributed by atoms with E-state index in [-0.39, 0.29) is 47.5 Å². The third-order valence-electron chi connectivity index (χ3n) is 7.21. The van der Waals surface area contributed by atoms with Gasteiger partial charge in [-0.3, -0.25) is 24.0 Å². The third-order valence-corrected chi connectivity index (χ3v) is 7.21. The lowest BCUT2D eigenvalue weighted by molar-refractivity contribution is 0.0931. The molecule has 5 rings (SSSR count). The Labute approximate surface area is 254 Å². The summed E-state index contributed by atoms with van der Waals surface area (Å²) >= 11 is 0. The summed E-state index contributed by atoms with van der Waals surface area (Å²) in [5, 5.41) is 14.5. The van der Waals surface area contributed by atoms with Gasteiger partial charge in [-0.2, -0.15) is 0 Å². The molecule has 1 atom stereocenters. The zero-order chi connectivity index (χ0) is 32.1. The smallest absolute Gasteiger partial charge is 0.383 e. The molecule has 0 spiro atoms. The van der Waals surface area contributed by atoms with Crippen LogP contribution in [0.5, 0.6) is 0 Å². The molecule has 0 saturated heterocycles. The van der Waals surface area contributed by atoms with E-state index in [2.05, 4.69) is 41.2 Å². The van der Waals surface area contributed by atoms with Gasteiger partial charge in [-0.15, -0.1) is 0 Å². The van der Waals surface area contributed by atoms with Crippen LogP contribution in [-0.2, 0) is 24.3 Å². The molecule has 1 heterocycles. The Morgan fingerprint density at radius 2 is 1.78 bits per heavy atom. The lowest BCUT2D eigenvalue weighted by Gasteiger charge is -2.14. The number of amides is 3. The van der Waals surface area contributed by atoms with Crippen molar-refractivity contribution in [1.82, 2.24) is 20.6 Å². The lowest BCUT2D eigenvalue weighted by Crippen LogP contribution is -2.36. The van der Waals surface area contributed by atoms with Gasteiger partial charge in [0.25, 0.3) is 22.7 Å². The van der Waals surface area contributed by atoms with Gasteiger partial charge in [0.2, 0.25) is 0 Å². The first-order chi connectivity index (χ1) is 21.6. The number of rotatable bonds is 11. The lowest BCUT2D eigenvalue weighted by atomic mass is 10.0. The molecule has 1 aliphatic rings. The van der Waals surface area contributed by atoms with Crippen LogP contribution in [-0.4, -0.2) is 41.1 Å². The van der Waals surface area contributed by atoms with Crippen LogP contribution in [0.15, 0.2) is 63.5 Å². The van der Waals surface area contributed by atoms with Crippen LogP contribution in [0, 0.1) is 5.82 Å². The topological polar surface area (TPSA) is 207 Å². The van der Waals surface area contributed by atoms with Crippen molar-refractivity contribution in [2.75, 3.05) is 17.7 Å². The molecule has 3 amide bonds. The molecule has 3 aromatic carbocycles. The predicted molar refractivity (Wildman–Crippen MR) is 161 cm³/mol. The minimum absolute atomic E-state index is 0.00497. The standard InChI is InChI=1S/C30H27FN8O6/c1-33-24-25(27(41)26(24)40)34-13-18-9-15(3-6-20(18)31)11-35-28(42)22-10-23(37-14-36-22)29(43)39-21-7-4-17-8-16(2-5-19(17)21)12-38-45-30(32)44/h2-3,5-6,8-10,12,14,21,33-34H,4,7,11,13H2,1H3,(H2,32,44)(H,35,42)(H,39,43)/b38-12+/t21-/m0/s1. The predicted octanol–water partition coefficient (Wildman–Crippen LogP) is 1.64. The van der Waals surface area contributed by atoms with Crippen LogP contribution >= 0.6 is 0 Å². The fraction of sp³-hybridized carbons (Fsp3) is 0.200. The van der Waals surface area contributed by atoms with E-state index >= 15 is 0 Å². The maximum atomic E-state index is 14.4. The van der Waals surface area contributed by atoms with E-state index in [0.29, 0.717) is 24.0 Å². The molecule has 6 N–H and O–H groups in total. The number of benzene rings is 2. The molecular weight excluding hydrogens is 587 g/mol. The number of carbonyl (C=O) groups is 3. The van der Waals surface area contributed by atoms with Crippen LogP contribution in [0.4, 0.5) is 20.6 Å². The third kappa shape index (κ3) is 6.82. The number of carbonyl (C=O) groups excluding carboxylic acids is 3. The Kier molecular flexibility index (Phi) is 8.88. The van der Waals surface area contributed by atoms with E-state index in [1.165, 1.54) is 37.5 Å². The fourth-order valence-electron chi connectivity index (χ4n) is 4.97. The molecule has 15 heteroatoms. The van der Waals surface area contributed by atoms with Crippen molar-refractivity contribution < 1.29 is 23.6 Å². The first-order valence-electron chi connectivity index (χ1n) is 13.7. The minimum Gasteiger partial charge on any atom is -0.383 e. The SMILES string of the molecule is CNc1c(NCc2cc(CNC(=O)c3cc(C(=O)N[C@H]4CCc5cc(/C=N/OC(N)=O)ccc54)ncn3)ccc2F)c(=O)c1=O. The Morgan fingerprint density at radius 1 is 1.02 bits per heavy atom. The molecule has 0 fully saturated rings. The summed E-state index contributed by atoms with van der Waals surface area (Å²) in [5.74, 6) is -1.58. The molecule has 14 nitrogen and oxygen atoms in total. The quantitative estimate of drug-likeness (QED) is 0.0714. The number of halogens is 1. The maximum absolute atomic E-state index is 14.4. The zero-order valence-electron chi connectivity index (χ0n) is 23.8. The molecule has 0 bridgehead atoms. The molecule has 0 unspecified atom stereocenters. The molecule has 0 radical (unpaired) electrons. The van der Waals surface area contributed by atoms with Gasteiger partial charge >= 0.3 is 6.09 Å². The molecule has 1 aliphatic carbocycles. The van der Waals surface area contributed by atoms with Gasteiger partial charge in [-0.05, 0) is 53.3 Å². The highest BCUT2D eigenvalue weighted by Crippen LogP contribution is 2.31. The van der Waals surface area contributed by atoms with Gasteiger partial charge < -0.3 is 27.0 Å². The van der Waals surface area contributed by atoms with Crippen molar-refractivity contribution in [2.24, 2.45) is 10.9 Å². The molecule has 45 heavy (non-hydrogen) atoms. The molecule has 1 aromatic heterocycles. The Morgan fingerprint density at radius 3 is 2.53 bits per heavy atom. The monoisotopic (exact) mass is 614 g/mol. The van der Waals surface area contributed by atoms with Crippen molar-refractivity contribution in [3.63, 3.8) is 0 Å². The molecule has 230 valence electrons. The fourth-order valence-corrected chi connectivity index (χ4v) is 4.97. The number of nitrogens with two attached hydrogens (primary N) is 1. The molecule has 0 aliphatic heterocycles. The van der Waals surface area contributed by atoms with Gasteiger partial charge in [0.1, 0.15) is 34.9 Å². The summed E-state index contributed by atoms with van der Waals surface area (Å²) in [6.45, 7) is -0.0237. The number of nitrogens with zero attached hydrogens (tertiary/aromatic N) is 3. The maximum Gasteiger partial charge on any atom is 0.430 e. The van der Waals surface area contributed by atoms with E-state index in [4.69, 9.17) is 5.73 Å². The summed E-state index contributed by atoms with van der Waals surface area (Å²) < 4.78 is 14.4. The summed E-state index contributed by atoms with van der Waals surface area (Å²) in [5.41, 5.74) is 7.20. The number of hydrogen-bond acceptors (Lipinski definition) is 11. The minimum atomic E-state index is -1.02. The van der Waals surface area contributed by atoms with Crippen LogP contribution < -0.4 is 37.9 Å². The Hall–Kier alpha value is -5.99. The van der Waals surface area contributed by atoms with Crippen molar-refractivity contribution >= 4 is 35.5 Å². The number of aromatic nitrogens is 2. The summed E-state index contributed by atoms with van der Waals surface area (Å²) in [6, 6.07) is 10.7. The molecule has 4 aromatic rings. The number of fused-ring (bicyclic) bond motifs is 1. The molecule has 0 saturated carbocycles. The Bertz CT molecular complexity index is 1900. The number of oxime groups is 1. The second-order valence-corrected chi connectivity index (χ2v) is 10.1. The number of primary amides is 1. The van der Waals surface area contributed by atoms with Crippen LogP contribution in [0.1, 0.15) is 61.3 Å². The number of anilines is 2. The van der Waals surface area contributed by atoms with E-state index in [0.717, 1.165) is 17.5 Å². The second kappa shape index (κ2) is 13.1. The summed E-state index contributed by atoms with van der Waals surface area (Å²) in [6.07, 6.45) is 2.81. The van der Waals surface area contributed by atoms with Gasteiger partial charge in [-0.1, -0.05) is 23.4 Å². The van der Waals surface area contributed by atoms with E-state index in [9.17, 15) is 28.4 Å². The van der Waals surface area contributed by atoms with Crippen LogP contribution in [0.25, 0.3) is 0 Å². The highest BCUT2D eigenvalue weighted by molar-refractivity contribution is 5.97. The highest BCUT2D eigenvalue weighted by Gasteiger charge is 2.25. The van der Waals surface area contributed by atoms with E-state index in [1.54, 1.807) is 6.07 Å². The van der Waals surface area contributed by atoms with Gasteiger partial charge in [0, 0.05) is 31.8 Å². The normalized spacial score (nSPS) is 13.8. The summed E-state index contributed by atoms with van der Waals surface area (Å²) in [7, 11) is 1.51. The number of hydrogen-bond donors (Lipinski definition) is 5. The van der Waals surface area contributed by atoms with Crippen molar-refractivity contribution in [3.8, 4) is 0 Å². The first-order valence-corrected chi connectivity index (χ1v) is 13.7. The van der Waals surface area contributed by atoms with Gasteiger partial charge in [-0.25, -0.2) is 19.2 Å². The van der Waals surface area contributed by atoms with E-state index in [1.807, 2.05) is 12.1 Å². The van der Waals surface area contributed by atoms with E-state index < -0.39 is 34.6 Å². The van der Waals surface area contributed by atoms with Crippen molar-refractivity contribution in [1.29, 1.82) is 0 Å². The zero-order valence-corrected chi connectivity index (χ0v) is 23.8. The van der Waals surface area contributed by atoms with Gasteiger partial charge in [0.15, 0.2) is 0 Å². The van der Waals surface area contributed by atoms with Crippen molar-refractivity contribution in [2.45, 2.75) is 32.0 Å². The Balaban J connectivity index is 1.18. The average molecular weight is 615 g/mol. The van der Waals surface area contributed by atoms with Crippen LogP contribution in [0.2, 0.25) is 0 Å². The highest BCUT2D eigenvalue weighted by atomic mass is 19.1. The first kappa shape index (κ1) is 30.5.